The third kappa shape index (κ3) is 5.63. The minimum absolute atomic E-state index is 0.152. The largest absolute Gasteiger partial charge is 0.215 e. The van der Waals surface area contributed by atoms with Crippen LogP contribution in [0, 0.1) is 0 Å². The molecular weight excluding hydrogens is 290 g/mol. The molecule has 0 spiro atoms. The maximum absolute atomic E-state index is 11.6. The Kier molecular flexibility index (Phi) is 6.01. The Morgan fingerprint density at radius 2 is 1.88 bits per heavy atom. The van der Waals surface area contributed by atoms with E-state index in [1.54, 1.807) is 0 Å². The van der Waals surface area contributed by atoms with Gasteiger partial charge in [-0.15, -0.1) is 0 Å². The fourth-order valence-corrected chi connectivity index (χ4v) is 2.65. The van der Waals surface area contributed by atoms with Crippen LogP contribution in [-0.2, 0) is 16.4 Å². The molecule has 0 aliphatic carbocycles. The predicted molar refractivity (Wildman–Crippen MR) is 70.3 cm³/mol. The molecule has 90 valence electrons. The number of nitrogens with one attached hydrogen (secondary N) is 1. The van der Waals surface area contributed by atoms with Gasteiger partial charge in [0.1, 0.15) is 0 Å². The molecule has 16 heavy (non-hydrogen) atoms. The molecule has 0 radical (unpaired) electrons. The van der Waals surface area contributed by atoms with Gasteiger partial charge in [-0.3, -0.25) is 0 Å². The summed E-state index contributed by atoms with van der Waals surface area (Å²) in [6, 6.07) is 9.63. The molecule has 0 unspecified atom stereocenters. The Balaban J connectivity index is 2.36. The second-order valence-electron chi connectivity index (χ2n) is 3.49. The number of alkyl halides is 1. The highest BCUT2D eigenvalue weighted by atomic mass is 79.9. The van der Waals surface area contributed by atoms with Crippen molar-refractivity contribution in [2.45, 2.75) is 12.8 Å². The fourth-order valence-electron chi connectivity index (χ4n) is 1.26. The van der Waals surface area contributed by atoms with E-state index in [9.17, 15) is 8.42 Å². The molecule has 0 aliphatic heterocycles. The summed E-state index contributed by atoms with van der Waals surface area (Å²) in [5, 5.41) is 0.814. The van der Waals surface area contributed by atoms with E-state index in [0.29, 0.717) is 13.0 Å². The maximum Gasteiger partial charge on any atom is 0.211 e. The molecule has 0 atom stereocenters. The molecule has 0 fully saturated rings. The molecule has 0 amide bonds. The molecule has 1 aromatic rings. The maximum atomic E-state index is 11.6. The van der Waals surface area contributed by atoms with Crippen molar-refractivity contribution in [1.29, 1.82) is 0 Å². The first kappa shape index (κ1) is 13.7. The number of sulfonamides is 1. The number of rotatable bonds is 7. The highest BCUT2D eigenvalue weighted by Gasteiger charge is 2.08. The Bertz CT molecular complexity index is 392. The molecule has 0 heterocycles. The molecule has 3 nitrogen and oxygen atoms in total. The lowest BCUT2D eigenvalue weighted by Gasteiger charge is -2.05. The predicted octanol–water partition coefficient (Wildman–Crippen LogP) is 1.93. The van der Waals surface area contributed by atoms with Crippen molar-refractivity contribution in [1.82, 2.24) is 4.72 Å². The minimum Gasteiger partial charge on any atom is -0.215 e. The average molecular weight is 306 g/mol. The Labute approximate surface area is 105 Å². The van der Waals surface area contributed by atoms with E-state index in [1.165, 1.54) is 0 Å². The van der Waals surface area contributed by atoms with Gasteiger partial charge in [0.15, 0.2) is 0 Å². The molecule has 0 saturated heterocycles. The summed E-state index contributed by atoms with van der Waals surface area (Å²) in [6.45, 7) is 0.502. The molecule has 1 aromatic carbocycles. The number of benzene rings is 1. The van der Waals surface area contributed by atoms with E-state index < -0.39 is 10.0 Å². The highest BCUT2D eigenvalue weighted by molar-refractivity contribution is 9.09. The molecule has 1 rings (SSSR count). The van der Waals surface area contributed by atoms with Crippen molar-refractivity contribution in [2.75, 3.05) is 17.6 Å². The molecule has 5 heteroatoms. The minimum atomic E-state index is -3.12. The SMILES string of the molecule is O=S(=O)(CCc1ccccc1)NCCCBr. The number of halogens is 1. The number of hydrogen-bond acceptors (Lipinski definition) is 2. The number of hydrogen-bond donors (Lipinski definition) is 1. The second kappa shape index (κ2) is 7.04. The van der Waals surface area contributed by atoms with Crippen LogP contribution in [0.15, 0.2) is 30.3 Å². The zero-order chi connectivity index (χ0) is 11.9. The standard InChI is InChI=1S/C11H16BrNO2S/c12-8-4-9-13-16(14,15)10-7-11-5-2-1-3-6-11/h1-3,5-6,13H,4,7-10H2. The van der Waals surface area contributed by atoms with Crippen molar-refractivity contribution < 1.29 is 8.42 Å². The van der Waals surface area contributed by atoms with Crippen LogP contribution in [0.1, 0.15) is 12.0 Å². The van der Waals surface area contributed by atoms with Gasteiger partial charge in [0, 0.05) is 11.9 Å². The van der Waals surface area contributed by atoms with Crippen LogP contribution in [-0.4, -0.2) is 26.0 Å². The van der Waals surface area contributed by atoms with E-state index in [2.05, 4.69) is 20.7 Å². The highest BCUT2D eigenvalue weighted by Crippen LogP contribution is 2.01. The van der Waals surface area contributed by atoms with Crippen molar-refractivity contribution >= 4 is 26.0 Å². The van der Waals surface area contributed by atoms with Gasteiger partial charge in [0.2, 0.25) is 10.0 Å². The normalized spacial score (nSPS) is 11.6. The summed E-state index contributed by atoms with van der Waals surface area (Å²) in [5.74, 6) is 0.152. The summed E-state index contributed by atoms with van der Waals surface area (Å²) < 4.78 is 25.7. The summed E-state index contributed by atoms with van der Waals surface area (Å²) in [6.07, 6.45) is 1.37. The van der Waals surface area contributed by atoms with E-state index in [0.717, 1.165) is 17.3 Å². The van der Waals surface area contributed by atoms with Crippen LogP contribution in [0.2, 0.25) is 0 Å². The first-order valence-electron chi connectivity index (χ1n) is 5.21. The molecule has 0 aromatic heterocycles. The van der Waals surface area contributed by atoms with E-state index in [4.69, 9.17) is 0 Å². The molecule has 0 saturated carbocycles. The third-order valence-corrected chi connectivity index (χ3v) is 4.08. The second-order valence-corrected chi connectivity index (χ2v) is 6.21. The lowest BCUT2D eigenvalue weighted by Crippen LogP contribution is -2.28. The van der Waals surface area contributed by atoms with Crippen LogP contribution in [0.25, 0.3) is 0 Å². The van der Waals surface area contributed by atoms with Gasteiger partial charge in [-0.1, -0.05) is 46.3 Å². The van der Waals surface area contributed by atoms with Crippen LogP contribution >= 0.6 is 15.9 Å². The van der Waals surface area contributed by atoms with Gasteiger partial charge in [-0.2, -0.15) is 0 Å². The van der Waals surface area contributed by atoms with E-state index in [-0.39, 0.29) is 5.75 Å². The zero-order valence-electron chi connectivity index (χ0n) is 9.02. The molecule has 0 bridgehead atoms. The molecule has 0 aliphatic rings. The lowest BCUT2D eigenvalue weighted by atomic mass is 10.2. The van der Waals surface area contributed by atoms with Gasteiger partial charge in [0.25, 0.3) is 0 Å². The Morgan fingerprint density at radius 3 is 2.50 bits per heavy atom. The summed E-state index contributed by atoms with van der Waals surface area (Å²) in [5.41, 5.74) is 1.05. The Morgan fingerprint density at radius 1 is 1.19 bits per heavy atom. The molecule has 1 N–H and O–H groups in total. The van der Waals surface area contributed by atoms with Crippen molar-refractivity contribution in [3.63, 3.8) is 0 Å². The molecular formula is C11H16BrNO2S. The van der Waals surface area contributed by atoms with Gasteiger partial charge in [0.05, 0.1) is 5.75 Å². The summed E-state index contributed by atoms with van der Waals surface area (Å²) >= 11 is 3.26. The van der Waals surface area contributed by atoms with Gasteiger partial charge in [-0.05, 0) is 18.4 Å². The average Bonchev–Trinajstić information content (AvgIpc) is 2.28. The van der Waals surface area contributed by atoms with Gasteiger partial charge in [-0.25, -0.2) is 13.1 Å². The quantitative estimate of drug-likeness (QED) is 0.618. The van der Waals surface area contributed by atoms with Crippen LogP contribution in [0.5, 0.6) is 0 Å². The third-order valence-electron chi connectivity index (χ3n) is 2.13. The van der Waals surface area contributed by atoms with Gasteiger partial charge < -0.3 is 0 Å². The smallest absolute Gasteiger partial charge is 0.211 e. The van der Waals surface area contributed by atoms with Crippen molar-refractivity contribution in [3.8, 4) is 0 Å². The van der Waals surface area contributed by atoms with Crippen LogP contribution in [0.4, 0.5) is 0 Å². The fraction of sp³-hybridized carbons (Fsp3) is 0.455. The summed E-state index contributed by atoms with van der Waals surface area (Å²) in [4.78, 5) is 0. The monoisotopic (exact) mass is 305 g/mol. The lowest BCUT2D eigenvalue weighted by molar-refractivity contribution is 0.580. The Hall–Kier alpha value is -0.390. The van der Waals surface area contributed by atoms with Gasteiger partial charge >= 0.3 is 0 Å². The first-order chi connectivity index (χ1) is 7.64. The van der Waals surface area contributed by atoms with Crippen LogP contribution < -0.4 is 4.72 Å². The summed E-state index contributed by atoms with van der Waals surface area (Å²) in [7, 11) is -3.12. The zero-order valence-corrected chi connectivity index (χ0v) is 11.4. The van der Waals surface area contributed by atoms with Crippen molar-refractivity contribution in [3.05, 3.63) is 35.9 Å². The van der Waals surface area contributed by atoms with E-state index >= 15 is 0 Å². The topological polar surface area (TPSA) is 46.2 Å². The van der Waals surface area contributed by atoms with Crippen molar-refractivity contribution in [2.24, 2.45) is 0 Å². The number of aryl methyl sites for hydroxylation is 1. The first-order valence-corrected chi connectivity index (χ1v) is 7.98. The van der Waals surface area contributed by atoms with E-state index in [1.807, 2.05) is 30.3 Å². The van der Waals surface area contributed by atoms with Crippen LogP contribution in [0.3, 0.4) is 0 Å².